The lowest BCUT2D eigenvalue weighted by Gasteiger charge is -2.38. The number of nitrogens with zero attached hydrogens (tertiary/aromatic N) is 3. The predicted octanol–water partition coefficient (Wildman–Crippen LogP) is 2.78. The first-order valence-electron chi connectivity index (χ1n) is 12.4. The zero-order valence-electron chi connectivity index (χ0n) is 20.9. The highest BCUT2D eigenvalue weighted by Crippen LogP contribution is 2.31. The highest BCUT2D eigenvalue weighted by molar-refractivity contribution is 7.89. The van der Waals surface area contributed by atoms with Crippen LogP contribution in [0.3, 0.4) is 0 Å². The van der Waals surface area contributed by atoms with Crippen molar-refractivity contribution < 1.29 is 22.4 Å². The topological polar surface area (TPSA) is 90.0 Å². The minimum atomic E-state index is -3.97. The second-order valence-corrected chi connectivity index (χ2v) is 11.3. The normalized spacial score (nSPS) is 16.9. The highest BCUT2D eigenvalue weighted by Gasteiger charge is 2.34. The van der Waals surface area contributed by atoms with E-state index >= 15 is 0 Å². The maximum Gasteiger partial charge on any atom is 0.241 e. The molecule has 1 fully saturated rings. The molecule has 36 heavy (non-hydrogen) atoms. The molecule has 2 aromatic carbocycles. The van der Waals surface area contributed by atoms with Crippen LogP contribution >= 0.6 is 0 Å². The van der Waals surface area contributed by atoms with Gasteiger partial charge in [-0.25, -0.2) is 12.8 Å². The smallest absolute Gasteiger partial charge is 0.241 e. The monoisotopic (exact) mass is 516 g/mol. The van der Waals surface area contributed by atoms with Gasteiger partial charge in [-0.1, -0.05) is 32.9 Å². The average molecular weight is 517 g/mol. The lowest BCUT2D eigenvalue weighted by Crippen LogP contribution is -2.56. The first-order valence-corrected chi connectivity index (χ1v) is 13.8. The number of benzene rings is 2. The quantitative estimate of drug-likeness (QED) is 0.611. The number of anilines is 2. The second kappa shape index (κ2) is 10.6. The van der Waals surface area contributed by atoms with Gasteiger partial charge in [-0.05, 0) is 48.2 Å². The minimum absolute atomic E-state index is 0.00282. The maximum absolute atomic E-state index is 14.2. The van der Waals surface area contributed by atoms with Crippen LogP contribution in [0.5, 0.6) is 0 Å². The summed E-state index contributed by atoms with van der Waals surface area (Å²) in [6, 6.07) is 10.4. The van der Waals surface area contributed by atoms with E-state index in [2.05, 4.69) is 4.72 Å². The molecule has 1 atom stereocenters. The van der Waals surface area contributed by atoms with E-state index in [1.54, 1.807) is 60.9 Å². The molecular weight excluding hydrogens is 483 g/mol. The van der Waals surface area contributed by atoms with Crippen LogP contribution in [-0.2, 0) is 26.0 Å². The fourth-order valence-corrected chi connectivity index (χ4v) is 6.16. The summed E-state index contributed by atoms with van der Waals surface area (Å²) in [6.45, 7) is 7.60. The zero-order chi connectivity index (χ0) is 26.0. The number of piperazine rings is 1. The number of para-hydroxylation sites is 1. The van der Waals surface area contributed by atoms with E-state index in [1.807, 2.05) is 4.90 Å². The van der Waals surface area contributed by atoms with Gasteiger partial charge in [0.05, 0.1) is 10.6 Å². The number of rotatable bonds is 7. The summed E-state index contributed by atoms with van der Waals surface area (Å²) in [5, 5.41) is 0. The number of amides is 2. The molecule has 2 aliphatic heterocycles. The van der Waals surface area contributed by atoms with E-state index < -0.39 is 16.1 Å². The number of nitrogens with one attached hydrogen (secondary N) is 1. The molecule has 0 bridgehead atoms. The molecule has 4 rings (SSSR count). The highest BCUT2D eigenvalue weighted by atomic mass is 32.2. The van der Waals surface area contributed by atoms with Crippen molar-refractivity contribution >= 4 is 33.2 Å². The van der Waals surface area contributed by atoms with E-state index in [-0.39, 0.29) is 28.4 Å². The summed E-state index contributed by atoms with van der Waals surface area (Å²) in [7, 11) is -3.97. The van der Waals surface area contributed by atoms with Crippen molar-refractivity contribution in [3.8, 4) is 0 Å². The predicted molar refractivity (Wildman–Crippen MR) is 137 cm³/mol. The van der Waals surface area contributed by atoms with Crippen LogP contribution in [0.15, 0.2) is 47.4 Å². The largest absolute Gasteiger partial charge is 0.366 e. The van der Waals surface area contributed by atoms with Crippen LogP contribution in [0, 0.1) is 11.7 Å². The Morgan fingerprint density at radius 1 is 1.00 bits per heavy atom. The van der Waals surface area contributed by atoms with Gasteiger partial charge in [-0.15, -0.1) is 0 Å². The number of carbonyl (C=O) groups excluding carboxylic acids is 2. The molecule has 0 aliphatic carbocycles. The molecule has 1 N–H and O–H groups in total. The molecule has 10 heteroatoms. The van der Waals surface area contributed by atoms with Crippen LogP contribution in [0.25, 0.3) is 0 Å². The van der Waals surface area contributed by atoms with Gasteiger partial charge in [0.25, 0.3) is 0 Å². The molecule has 0 aromatic heterocycles. The Hall–Kier alpha value is -2.98. The van der Waals surface area contributed by atoms with Gasteiger partial charge in [0.15, 0.2) is 0 Å². The van der Waals surface area contributed by atoms with Gasteiger partial charge in [0, 0.05) is 44.8 Å². The summed E-state index contributed by atoms with van der Waals surface area (Å²) in [4.78, 5) is 30.8. The van der Waals surface area contributed by atoms with E-state index in [0.717, 1.165) is 11.3 Å². The zero-order valence-corrected chi connectivity index (χ0v) is 21.7. The lowest BCUT2D eigenvalue weighted by molar-refractivity contribution is -0.134. The van der Waals surface area contributed by atoms with Crippen molar-refractivity contribution in [3.05, 3.63) is 53.8 Å². The number of hydrogen-bond acceptors (Lipinski definition) is 5. The number of halogens is 1. The van der Waals surface area contributed by atoms with Crippen molar-refractivity contribution in [2.75, 3.05) is 42.5 Å². The third-order valence-corrected chi connectivity index (χ3v) is 8.30. The molecule has 2 heterocycles. The molecular formula is C26H33FN4O4S. The first kappa shape index (κ1) is 26.1. The Balaban J connectivity index is 1.46. The summed E-state index contributed by atoms with van der Waals surface area (Å²) in [5.74, 6) is -0.865. The Kier molecular flexibility index (Phi) is 7.65. The van der Waals surface area contributed by atoms with Crippen molar-refractivity contribution in [3.63, 3.8) is 0 Å². The molecule has 2 aliphatic rings. The van der Waals surface area contributed by atoms with Gasteiger partial charge in [-0.3, -0.25) is 9.59 Å². The van der Waals surface area contributed by atoms with Crippen LogP contribution in [-0.4, -0.2) is 63.9 Å². The third kappa shape index (κ3) is 5.24. The molecule has 2 aromatic rings. The van der Waals surface area contributed by atoms with E-state index in [0.29, 0.717) is 51.3 Å². The van der Waals surface area contributed by atoms with Gasteiger partial charge in [0.2, 0.25) is 21.8 Å². The van der Waals surface area contributed by atoms with Gasteiger partial charge < -0.3 is 14.7 Å². The third-order valence-electron chi connectivity index (χ3n) is 6.86. The van der Waals surface area contributed by atoms with E-state index in [1.165, 1.54) is 12.1 Å². The molecule has 0 radical (unpaired) electrons. The Morgan fingerprint density at radius 2 is 1.69 bits per heavy atom. The fraction of sp³-hybridized carbons (Fsp3) is 0.462. The summed E-state index contributed by atoms with van der Waals surface area (Å²) in [6.07, 6.45) is 0.969. The van der Waals surface area contributed by atoms with Crippen LogP contribution in [0.2, 0.25) is 0 Å². The molecule has 1 saturated heterocycles. The molecule has 8 nitrogen and oxygen atoms in total. The lowest BCUT2D eigenvalue weighted by atomic mass is 10.0. The Bertz CT molecular complexity index is 1240. The van der Waals surface area contributed by atoms with Gasteiger partial charge >= 0.3 is 0 Å². The van der Waals surface area contributed by atoms with E-state index in [9.17, 15) is 22.4 Å². The van der Waals surface area contributed by atoms with Crippen molar-refractivity contribution in [2.45, 2.75) is 44.6 Å². The summed E-state index contributed by atoms with van der Waals surface area (Å²) >= 11 is 0. The summed E-state index contributed by atoms with van der Waals surface area (Å²) in [5.41, 5.74) is 2.04. The summed E-state index contributed by atoms with van der Waals surface area (Å²) < 4.78 is 43.3. The van der Waals surface area contributed by atoms with Crippen molar-refractivity contribution in [1.29, 1.82) is 0 Å². The van der Waals surface area contributed by atoms with Gasteiger partial charge in [-0.2, -0.15) is 4.72 Å². The molecule has 0 unspecified atom stereocenters. The molecule has 0 saturated carbocycles. The number of sulfonamides is 1. The Morgan fingerprint density at radius 3 is 2.33 bits per heavy atom. The molecule has 194 valence electrons. The molecule has 0 spiro atoms. The van der Waals surface area contributed by atoms with Crippen molar-refractivity contribution in [1.82, 2.24) is 9.62 Å². The van der Waals surface area contributed by atoms with E-state index in [4.69, 9.17) is 0 Å². The van der Waals surface area contributed by atoms with Gasteiger partial charge in [0.1, 0.15) is 11.9 Å². The second-order valence-electron chi connectivity index (χ2n) is 9.55. The van der Waals surface area contributed by atoms with Crippen LogP contribution in [0.1, 0.15) is 32.8 Å². The van der Waals surface area contributed by atoms with Crippen LogP contribution < -0.4 is 14.5 Å². The van der Waals surface area contributed by atoms with Crippen LogP contribution in [0.4, 0.5) is 15.8 Å². The SMILES string of the molecule is CCC(=O)N1CCc2cc(S(=O)(=O)N[C@@H](C(=O)N3CCN(c4ccccc4F)CC3)C(C)C)ccc21. The number of carbonyl (C=O) groups is 2. The average Bonchev–Trinajstić information content (AvgIpc) is 3.30. The number of fused-ring (bicyclic) bond motifs is 1. The Labute approximate surface area is 212 Å². The fourth-order valence-electron chi connectivity index (χ4n) is 4.77. The standard InChI is InChI=1S/C26H33FN4O4S/c1-4-24(32)31-12-11-19-17-20(9-10-22(19)31)36(34,35)28-25(18(2)3)26(33)30-15-13-29(14-16-30)23-8-6-5-7-21(23)27/h5-10,17-18,25,28H,4,11-16H2,1-3H3/t25-/m1/s1. The maximum atomic E-state index is 14.2. The molecule has 2 amide bonds. The first-order chi connectivity index (χ1) is 17.1. The number of hydrogen-bond donors (Lipinski definition) is 1. The minimum Gasteiger partial charge on any atom is -0.366 e. The van der Waals surface area contributed by atoms with Crippen molar-refractivity contribution in [2.24, 2.45) is 5.92 Å².